The molecule has 2 aliphatic heterocycles. The third-order valence-corrected chi connectivity index (χ3v) is 4.75. The molecule has 0 aliphatic carbocycles. The van der Waals surface area contributed by atoms with Crippen LogP contribution in [0.2, 0.25) is 0 Å². The monoisotopic (exact) mass is 379 g/mol. The number of benzene rings is 1. The third kappa shape index (κ3) is 3.42. The van der Waals surface area contributed by atoms with E-state index < -0.39 is 11.9 Å². The Labute approximate surface area is 143 Å². The number of piperidine rings is 1. The number of ether oxygens (including phenoxy) is 1. The summed E-state index contributed by atoms with van der Waals surface area (Å²) in [5, 5.41) is 9.24. The van der Waals surface area contributed by atoms with Gasteiger partial charge >= 0.3 is 5.97 Å². The van der Waals surface area contributed by atoms with Crippen molar-refractivity contribution in [3.63, 3.8) is 0 Å². The minimum Gasteiger partial charge on any atom is -0.488 e. The minimum absolute atomic E-state index is 0.131. The maximum absolute atomic E-state index is 12.7. The molecule has 1 aromatic carbocycles. The maximum Gasteiger partial charge on any atom is 0.308 e. The highest BCUT2D eigenvalue weighted by Gasteiger charge is 2.33. The van der Waals surface area contributed by atoms with Crippen LogP contribution in [0.4, 0.5) is 0 Å². The molecule has 23 heavy (non-hydrogen) atoms. The zero-order valence-corrected chi connectivity index (χ0v) is 14.4. The van der Waals surface area contributed by atoms with Gasteiger partial charge in [-0.3, -0.25) is 9.59 Å². The van der Waals surface area contributed by atoms with E-state index in [0.29, 0.717) is 18.5 Å². The molecule has 122 valence electrons. The summed E-state index contributed by atoms with van der Waals surface area (Å²) < 4.78 is 6.57. The molecular formula is C17H18BrNO4. The SMILES string of the molecule is CC1CC(C(=O)O)CN(C(=O)C2=Cc3cc(Br)ccc3OC2)C1. The van der Waals surface area contributed by atoms with Gasteiger partial charge in [-0.05, 0) is 36.6 Å². The van der Waals surface area contributed by atoms with Crippen molar-refractivity contribution in [2.45, 2.75) is 13.3 Å². The molecule has 5 nitrogen and oxygen atoms in total. The van der Waals surface area contributed by atoms with Gasteiger partial charge in [0.1, 0.15) is 12.4 Å². The van der Waals surface area contributed by atoms with E-state index in [4.69, 9.17) is 4.74 Å². The Balaban J connectivity index is 1.81. The second-order valence-corrected chi connectivity index (χ2v) is 7.14. The third-order valence-electron chi connectivity index (χ3n) is 4.26. The number of carbonyl (C=O) groups is 2. The van der Waals surface area contributed by atoms with Crippen molar-refractivity contribution < 1.29 is 19.4 Å². The number of hydrogen-bond donors (Lipinski definition) is 1. The topological polar surface area (TPSA) is 66.8 Å². The molecule has 1 N–H and O–H groups in total. The van der Waals surface area contributed by atoms with Gasteiger partial charge in [0.2, 0.25) is 0 Å². The number of rotatable bonds is 2. The van der Waals surface area contributed by atoms with E-state index in [0.717, 1.165) is 15.8 Å². The van der Waals surface area contributed by atoms with E-state index in [1.807, 2.05) is 31.2 Å². The number of carboxylic acids is 1. The fourth-order valence-corrected chi connectivity index (χ4v) is 3.55. The van der Waals surface area contributed by atoms with E-state index in [2.05, 4.69) is 15.9 Å². The van der Waals surface area contributed by atoms with Crippen LogP contribution in [0.15, 0.2) is 28.2 Å². The summed E-state index contributed by atoms with van der Waals surface area (Å²) in [5.74, 6) is -0.527. The number of hydrogen-bond acceptors (Lipinski definition) is 3. The fourth-order valence-electron chi connectivity index (χ4n) is 3.17. The molecule has 0 saturated carbocycles. The number of carboxylic acid groups (broad SMARTS) is 1. The lowest BCUT2D eigenvalue weighted by Gasteiger charge is -2.35. The van der Waals surface area contributed by atoms with Gasteiger partial charge in [0.25, 0.3) is 5.91 Å². The van der Waals surface area contributed by atoms with Gasteiger partial charge in [-0.25, -0.2) is 0 Å². The van der Waals surface area contributed by atoms with E-state index in [1.54, 1.807) is 4.90 Å². The fraction of sp³-hybridized carbons (Fsp3) is 0.412. The second-order valence-electron chi connectivity index (χ2n) is 6.23. The van der Waals surface area contributed by atoms with Crippen LogP contribution in [0.5, 0.6) is 5.75 Å². The molecule has 1 aromatic rings. The maximum atomic E-state index is 12.7. The molecule has 0 aromatic heterocycles. The van der Waals surface area contributed by atoms with Gasteiger partial charge in [-0.1, -0.05) is 22.9 Å². The van der Waals surface area contributed by atoms with Crippen LogP contribution in [-0.2, 0) is 9.59 Å². The predicted molar refractivity (Wildman–Crippen MR) is 89.1 cm³/mol. The zero-order valence-electron chi connectivity index (χ0n) is 12.8. The van der Waals surface area contributed by atoms with Crippen molar-refractivity contribution in [3.8, 4) is 5.75 Å². The Morgan fingerprint density at radius 3 is 2.87 bits per heavy atom. The van der Waals surface area contributed by atoms with Crippen molar-refractivity contribution >= 4 is 33.9 Å². The average Bonchev–Trinajstić information content (AvgIpc) is 2.52. The first-order valence-corrected chi connectivity index (χ1v) is 8.38. The molecule has 1 saturated heterocycles. The number of aliphatic carboxylic acids is 1. The van der Waals surface area contributed by atoms with Gasteiger partial charge in [-0.2, -0.15) is 0 Å². The van der Waals surface area contributed by atoms with Gasteiger partial charge in [0.05, 0.1) is 11.5 Å². The summed E-state index contributed by atoms with van der Waals surface area (Å²) in [6.45, 7) is 3.05. The second kappa shape index (κ2) is 6.35. The Kier molecular flexibility index (Phi) is 4.43. The number of nitrogens with zero attached hydrogens (tertiary/aromatic N) is 1. The highest BCUT2D eigenvalue weighted by Crippen LogP contribution is 2.30. The number of fused-ring (bicyclic) bond motifs is 1. The molecule has 0 spiro atoms. The minimum atomic E-state index is -0.836. The molecule has 0 radical (unpaired) electrons. The van der Waals surface area contributed by atoms with Crippen LogP contribution in [0.1, 0.15) is 18.9 Å². The number of halogens is 1. The van der Waals surface area contributed by atoms with Crippen molar-refractivity contribution in [1.82, 2.24) is 4.90 Å². The summed E-state index contributed by atoms with van der Waals surface area (Å²) in [4.78, 5) is 25.6. The van der Waals surface area contributed by atoms with Crippen molar-refractivity contribution in [2.75, 3.05) is 19.7 Å². The summed E-state index contributed by atoms with van der Waals surface area (Å²) in [6.07, 6.45) is 2.45. The number of likely N-dealkylation sites (tertiary alicyclic amines) is 1. The summed E-state index contributed by atoms with van der Waals surface area (Å²) in [7, 11) is 0. The van der Waals surface area contributed by atoms with Gasteiger partial charge in [-0.15, -0.1) is 0 Å². The van der Waals surface area contributed by atoms with E-state index in [1.165, 1.54) is 0 Å². The summed E-state index contributed by atoms with van der Waals surface area (Å²) in [5.41, 5.74) is 1.42. The molecule has 1 fully saturated rings. The molecule has 2 unspecified atom stereocenters. The first-order chi connectivity index (χ1) is 10.9. The molecule has 6 heteroatoms. The molecule has 2 aliphatic rings. The van der Waals surface area contributed by atoms with Crippen molar-refractivity contribution in [1.29, 1.82) is 0 Å². The summed E-state index contributed by atoms with van der Waals surface area (Å²) in [6, 6.07) is 5.66. The van der Waals surface area contributed by atoms with Crippen LogP contribution in [0.25, 0.3) is 6.08 Å². The molecule has 3 rings (SSSR count). The van der Waals surface area contributed by atoms with Gasteiger partial charge < -0.3 is 14.7 Å². The highest BCUT2D eigenvalue weighted by atomic mass is 79.9. The van der Waals surface area contributed by atoms with Crippen molar-refractivity contribution in [2.24, 2.45) is 11.8 Å². The van der Waals surface area contributed by atoms with E-state index in [9.17, 15) is 14.7 Å². The Bertz CT molecular complexity index is 685. The standard InChI is InChI=1S/C17H18BrNO4/c1-10-4-12(17(21)22)8-19(7-10)16(20)13-5-11-6-14(18)2-3-15(11)23-9-13/h2-3,5-6,10,12H,4,7-9H2,1H3,(H,21,22). The lowest BCUT2D eigenvalue weighted by molar-refractivity contribution is -0.146. The first-order valence-electron chi connectivity index (χ1n) is 7.59. The van der Waals surface area contributed by atoms with Gasteiger partial charge in [0.15, 0.2) is 0 Å². The lowest BCUT2D eigenvalue weighted by atomic mass is 9.90. The van der Waals surface area contributed by atoms with Crippen LogP contribution < -0.4 is 4.74 Å². The molecule has 2 atom stereocenters. The van der Waals surface area contributed by atoms with Crippen LogP contribution in [0.3, 0.4) is 0 Å². The normalized spacial score (nSPS) is 23.6. The Hall–Kier alpha value is -1.82. The highest BCUT2D eigenvalue weighted by molar-refractivity contribution is 9.10. The summed E-state index contributed by atoms with van der Waals surface area (Å²) >= 11 is 3.41. The molecular weight excluding hydrogens is 362 g/mol. The van der Waals surface area contributed by atoms with Crippen molar-refractivity contribution in [3.05, 3.63) is 33.8 Å². The van der Waals surface area contributed by atoms with Gasteiger partial charge in [0, 0.05) is 23.1 Å². The largest absolute Gasteiger partial charge is 0.488 e. The first kappa shape index (κ1) is 16.1. The molecule has 0 bridgehead atoms. The quantitative estimate of drug-likeness (QED) is 0.857. The Morgan fingerprint density at radius 1 is 1.35 bits per heavy atom. The zero-order chi connectivity index (χ0) is 16.6. The number of amides is 1. The van der Waals surface area contributed by atoms with E-state index >= 15 is 0 Å². The van der Waals surface area contributed by atoms with E-state index in [-0.39, 0.29) is 25.0 Å². The smallest absolute Gasteiger partial charge is 0.308 e. The average molecular weight is 380 g/mol. The number of carbonyl (C=O) groups excluding carboxylic acids is 1. The molecule has 2 heterocycles. The Morgan fingerprint density at radius 2 is 2.13 bits per heavy atom. The van der Waals surface area contributed by atoms with Crippen LogP contribution in [0, 0.1) is 11.8 Å². The van der Waals surface area contributed by atoms with Crippen LogP contribution >= 0.6 is 15.9 Å². The predicted octanol–water partition coefficient (Wildman–Crippen LogP) is 2.79. The molecule has 1 amide bonds. The van der Waals surface area contributed by atoms with Crippen LogP contribution in [-0.4, -0.2) is 41.6 Å². The lowest BCUT2D eigenvalue weighted by Crippen LogP contribution is -2.46.